The molecule has 0 spiro atoms. The zero-order chi connectivity index (χ0) is 10.8. The molecule has 0 saturated carbocycles. The van der Waals surface area contributed by atoms with E-state index >= 15 is 0 Å². The first kappa shape index (κ1) is 9.36. The van der Waals surface area contributed by atoms with E-state index in [0.29, 0.717) is 0 Å². The van der Waals surface area contributed by atoms with Crippen molar-refractivity contribution in [2.45, 2.75) is 0 Å². The van der Waals surface area contributed by atoms with Crippen LogP contribution in [0.3, 0.4) is 0 Å². The predicted octanol–water partition coefficient (Wildman–Crippen LogP) is 4.09. The number of hydrogen-bond donors (Lipinski definition) is 0. The summed E-state index contributed by atoms with van der Waals surface area (Å²) in [6.45, 7) is 0. The van der Waals surface area contributed by atoms with Crippen molar-refractivity contribution >= 4 is 21.6 Å². The zero-order valence-corrected chi connectivity index (χ0v) is 9.28. The van der Waals surface area contributed by atoms with E-state index in [1.165, 1.54) is 4.70 Å². The maximum atomic E-state index is 5.72. The molecule has 0 aliphatic heterocycles. The van der Waals surface area contributed by atoms with Crippen molar-refractivity contribution in [2.75, 3.05) is 0 Å². The highest BCUT2D eigenvalue weighted by Gasteiger charge is 2.00. The lowest BCUT2D eigenvalue weighted by molar-refractivity contribution is 0.483. The van der Waals surface area contributed by atoms with Gasteiger partial charge in [-0.1, -0.05) is 18.2 Å². The van der Waals surface area contributed by atoms with Crippen LogP contribution in [0.15, 0.2) is 54.0 Å². The van der Waals surface area contributed by atoms with Gasteiger partial charge in [0.1, 0.15) is 11.5 Å². The third kappa shape index (κ3) is 1.77. The molecule has 0 atom stereocenters. The monoisotopic (exact) mass is 227 g/mol. The minimum atomic E-state index is 0.824. The topological polar surface area (TPSA) is 22.1 Å². The van der Waals surface area contributed by atoms with Crippen molar-refractivity contribution in [2.24, 2.45) is 0 Å². The van der Waals surface area contributed by atoms with Gasteiger partial charge in [-0.3, -0.25) is 0 Å². The van der Waals surface area contributed by atoms with Gasteiger partial charge in [0.2, 0.25) is 0 Å². The van der Waals surface area contributed by atoms with Crippen LogP contribution in [0.2, 0.25) is 0 Å². The van der Waals surface area contributed by atoms with E-state index in [1.807, 2.05) is 54.0 Å². The molecule has 0 amide bonds. The molecule has 0 N–H and O–H groups in total. The van der Waals surface area contributed by atoms with E-state index in [0.717, 1.165) is 17.0 Å². The summed E-state index contributed by atoms with van der Waals surface area (Å²) in [4.78, 5) is 4.26. The lowest BCUT2D eigenvalue weighted by atomic mass is 10.3. The molecule has 3 heteroatoms. The minimum Gasteiger partial charge on any atom is -0.457 e. The molecule has 0 fully saturated rings. The Morgan fingerprint density at radius 3 is 2.69 bits per heavy atom. The van der Waals surface area contributed by atoms with Crippen LogP contribution in [0.1, 0.15) is 0 Å². The van der Waals surface area contributed by atoms with Gasteiger partial charge in [-0.05, 0) is 24.3 Å². The number of aromatic nitrogens is 1. The number of benzene rings is 2. The number of fused-ring (bicyclic) bond motifs is 1. The maximum Gasteiger partial charge on any atom is 0.129 e. The fourth-order valence-corrected chi connectivity index (χ4v) is 2.18. The van der Waals surface area contributed by atoms with Crippen molar-refractivity contribution in [3.63, 3.8) is 0 Å². The molecule has 0 aliphatic carbocycles. The number of thiazole rings is 1. The summed E-state index contributed by atoms with van der Waals surface area (Å²) in [5, 5.41) is 0. The summed E-state index contributed by atoms with van der Waals surface area (Å²) in [6, 6.07) is 15.7. The van der Waals surface area contributed by atoms with Crippen molar-refractivity contribution in [1.82, 2.24) is 4.98 Å². The minimum absolute atomic E-state index is 0.824. The first-order chi connectivity index (χ1) is 7.92. The Bertz CT molecular complexity index is 603. The molecule has 0 bridgehead atoms. The Morgan fingerprint density at radius 2 is 1.81 bits per heavy atom. The molecule has 2 aromatic carbocycles. The molecule has 1 aromatic heterocycles. The molecule has 0 unspecified atom stereocenters. The second kappa shape index (κ2) is 3.94. The van der Waals surface area contributed by atoms with Crippen LogP contribution in [-0.2, 0) is 0 Å². The number of hydrogen-bond acceptors (Lipinski definition) is 3. The van der Waals surface area contributed by atoms with E-state index in [2.05, 4.69) is 4.98 Å². The SMILES string of the molecule is c1ccc(Oc2ccc3scnc3c2)cc1. The Balaban J connectivity index is 1.94. The second-order valence-corrected chi connectivity index (χ2v) is 4.28. The molecule has 0 saturated heterocycles. The molecule has 3 aromatic rings. The van der Waals surface area contributed by atoms with Gasteiger partial charge in [-0.15, -0.1) is 11.3 Å². The Kier molecular flexibility index (Phi) is 2.31. The van der Waals surface area contributed by atoms with Crippen LogP contribution in [0, 0.1) is 0 Å². The third-order valence-corrected chi connectivity index (χ3v) is 3.09. The van der Waals surface area contributed by atoms with Crippen LogP contribution in [0.25, 0.3) is 10.2 Å². The van der Waals surface area contributed by atoms with Gasteiger partial charge in [-0.25, -0.2) is 4.98 Å². The largest absolute Gasteiger partial charge is 0.457 e. The van der Waals surface area contributed by atoms with Crippen LogP contribution in [-0.4, -0.2) is 4.98 Å². The van der Waals surface area contributed by atoms with Crippen LogP contribution in [0.5, 0.6) is 11.5 Å². The van der Waals surface area contributed by atoms with E-state index in [4.69, 9.17) is 4.74 Å². The predicted molar refractivity (Wildman–Crippen MR) is 66.1 cm³/mol. The highest BCUT2D eigenvalue weighted by molar-refractivity contribution is 7.16. The van der Waals surface area contributed by atoms with Crippen molar-refractivity contribution < 1.29 is 4.74 Å². The van der Waals surface area contributed by atoms with E-state index in [-0.39, 0.29) is 0 Å². The number of para-hydroxylation sites is 1. The van der Waals surface area contributed by atoms with E-state index in [9.17, 15) is 0 Å². The van der Waals surface area contributed by atoms with Crippen molar-refractivity contribution in [3.05, 3.63) is 54.0 Å². The first-order valence-electron chi connectivity index (χ1n) is 4.98. The average Bonchev–Trinajstić information content (AvgIpc) is 2.77. The number of ether oxygens (including phenoxy) is 1. The number of nitrogens with zero attached hydrogens (tertiary/aromatic N) is 1. The molecule has 78 valence electrons. The molecule has 1 heterocycles. The maximum absolute atomic E-state index is 5.72. The lowest BCUT2D eigenvalue weighted by Gasteiger charge is -2.04. The molecule has 0 radical (unpaired) electrons. The first-order valence-corrected chi connectivity index (χ1v) is 5.86. The Labute approximate surface area is 97.1 Å². The summed E-state index contributed by atoms with van der Waals surface area (Å²) in [5.74, 6) is 1.67. The van der Waals surface area contributed by atoms with Crippen molar-refractivity contribution in [1.29, 1.82) is 0 Å². The molecule has 16 heavy (non-hydrogen) atoms. The smallest absolute Gasteiger partial charge is 0.129 e. The highest BCUT2D eigenvalue weighted by Crippen LogP contribution is 2.26. The van der Waals surface area contributed by atoms with Crippen molar-refractivity contribution in [3.8, 4) is 11.5 Å². The summed E-state index contributed by atoms with van der Waals surface area (Å²) in [7, 11) is 0. The quantitative estimate of drug-likeness (QED) is 0.658. The highest BCUT2D eigenvalue weighted by atomic mass is 32.1. The molecule has 2 nitrogen and oxygen atoms in total. The van der Waals surface area contributed by atoms with E-state index < -0.39 is 0 Å². The summed E-state index contributed by atoms with van der Waals surface area (Å²) >= 11 is 1.64. The van der Waals surface area contributed by atoms with Crippen LogP contribution < -0.4 is 4.74 Å². The fourth-order valence-electron chi connectivity index (χ4n) is 1.53. The second-order valence-electron chi connectivity index (χ2n) is 3.40. The van der Waals surface area contributed by atoms with Gasteiger partial charge < -0.3 is 4.74 Å². The van der Waals surface area contributed by atoms with Gasteiger partial charge in [-0.2, -0.15) is 0 Å². The molecule has 3 rings (SSSR count). The fraction of sp³-hybridized carbons (Fsp3) is 0. The molecular weight excluding hydrogens is 218 g/mol. The molecular formula is C13H9NOS. The Hall–Kier alpha value is -1.87. The summed E-state index contributed by atoms with van der Waals surface area (Å²) < 4.78 is 6.90. The van der Waals surface area contributed by atoms with Gasteiger partial charge in [0, 0.05) is 6.07 Å². The Morgan fingerprint density at radius 1 is 0.938 bits per heavy atom. The lowest BCUT2D eigenvalue weighted by Crippen LogP contribution is -1.82. The van der Waals surface area contributed by atoms with Gasteiger partial charge in [0.15, 0.2) is 0 Å². The van der Waals surface area contributed by atoms with Gasteiger partial charge in [0.25, 0.3) is 0 Å². The standard InChI is InChI=1S/C13H9NOS/c1-2-4-10(5-3-1)15-11-6-7-13-12(8-11)14-9-16-13/h1-9H. The average molecular weight is 227 g/mol. The van der Waals surface area contributed by atoms with Gasteiger partial charge in [0.05, 0.1) is 15.7 Å². The molecule has 0 aliphatic rings. The third-order valence-electron chi connectivity index (χ3n) is 2.28. The number of rotatable bonds is 2. The normalized spacial score (nSPS) is 10.5. The van der Waals surface area contributed by atoms with Gasteiger partial charge >= 0.3 is 0 Å². The summed E-state index contributed by atoms with van der Waals surface area (Å²) in [6.07, 6.45) is 0. The van der Waals surface area contributed by atoms with Crippen LogP contribution in [0.4, 0.5) is 0 Å². The summed E-state index contributed by atoms with van der Waals surface area (Å²) in [5.41, 5.74) is 2.83. The van der Waals surface area contributed by atoms with E-state index in [1.54, 1.807) is 11.3 Å². The van der Waals surface area contributed by atoms with Crippen LogP contribution >= 0.6 is 11.3 Å². The zero-order valence-electron chi connectivity index (χ0n) is 8.46.